The molecule has 0 fully saturated rings. The van der Waals surface area contributed by atoms with Gasteiger partial charge in [0.05, 0.1) is 5.69 Å². The molecule has 278 valence electrons. The first-order valence-corrected chi connectivity index (χ1v) is 20.5. The second-order valence-electron chi connectivity index (χ2n) is 15.7. The van der Waals surface area contributed by atoms with Gasteiger partial charge in [0, 0.05) is 16.8 Å². The topological polar surface area (TPSA) is 3.24 Å². The van der Waals surface area contributed by atoms with Crippen LogP contribution >= 0.6 is 0 Å². The zero-order valence-electron chi connectivity index (χ0n) is 32.9. The molecule has 1 aliphatic rings. The third-order valence-corrected chi connectivity index (χ3v) is 12.5. The molecular weight excluding hydrogens is 711 g/mol. The van der Waals surface area contributed by atoms with Crippen LogP contribution in [0, 0.1) is 0 Å². The molecule has 0 amide bonds. The molecule has 0 aliphatic heterocycles. The van der Waals surface area contributed by atoms with Crippen LogP contribution in [0.15, 0.2) is 231 Å². The minimum Gasteiger partial charge on any atom is -0.310 e. The van der Waals surface area contributed by atoms with Crippen LogP contribution in [0.3, 0.4) is 0 Å². The van der Waals surface area contributed by atoms with Gasteiger partial charge in [0.25, 0.3) is 0 Å². The monoisotopic (exact) mass is 751 g/mol. The summed E-state index contributed by atoms with van der Waals surface area (Å²) in [5.41, 5.74) is 16.9. The van der Waals surface area contributed by atoms with Crippen LogP contribution in [0.4, 0.5) is 17.1 Å². The summed E-state index contributed by atoms with van der Waals surface area (Å²) in [7, 11) is 0. The van der Waals surface area contributed by atoms with Crippen molar-refractivity contribution in [2.75, 3.05) is 4.90 Å². The van der Waals surface area contributed by atoms with Crippen molar-refractivity contribution in [3.05, 3.63) is 247 Å². The SMILES string of the molecule is CC1(c2ccccc2)c2ccccc2-c2cccc(N(c3ccccc3)c3cccc(-c4ccc5c(c4)c(-c4ccccc4)c(-c4ccccc4)c4ccccc45)c3)c21. The Morgan fingerprint density at radius 1 is 0.339 bits per heavy atom. The Morgan fingerprint density at radius 2 is 0.847 bits per heavy atom. The normalized spacial score (nSPS) is 14.3. The molecule has 0 spiro atoms. The largest absolute Gasteiger partial charge is 0.310 e. The van der Waals surface area contributed by atoms with Gasteiger partial charge in [-0.3, -0.25) is 0 Å². The minimum atomic E-state index is -0.361. The minimum absolute atomic E-state index is 0.361. The van der Waals surface area contributed by atoms with Gasteiger partial charge in [0.15, 0.2) is 0 Å². The summed E-state index contributed by atoms with van der Waals surface area (Å²) >= 11 is 0. The Bertz CT molecular complexity index is 3150. The van der Waals surface area contributed by atoms with Gasteiger partial charge >= 0.3 is 0 Å². The molecule has 1 heteroatoms. The van der Waals surface area contributed by atoms with Gasteiger partial charge < -0.3 is 4.90 Å². The molecule has 0 radical (unpaired) electrons. The predicted molar refractivity (Wildman–Crippen MR) is 250 cm³/mol. The molecule has 1 unspecified atom stereocenters. The van der Waals surface area contributed by atoms with Gasteiger partial charge in [-0.25, -0.2) is 0 Å². The highest BCUT2D eigenvalue weighted by Crippen LogP contribution is 2.57. The predicted octanol–water partition coefficient (Wildman–Crippen LogP) is 15.8. The molecule has 10 aromatic rings. The summed E-state index contributed by atoms with van der Waals surface area (Å²) in [5.74, 6) is 0. The molecule has 1 aliphatic carbocycles. The van der Waals surface area contributed by atoms with E-state index in [1.807, 2.05) is 0 Å². The van der Waals surface area contributed by atoms with E-state index in [4.69, 9.17) is 0 Å². The van der Waals surface area contributed by atoms with E-state index in [1.54, 1.807) is 0 Å². The van der Waals surface area contributed by atoms with Crippen LogP contribution in [0.5, 0.6) is 0 Å². The summed E-state index contributed by atoms with van der Waals surface area (Å²) in [6, 6.07) is 84.5. The van der Waals surface area contributed by atoms with Gasteiger partial charge in [-0.05, 0) is 126 Å². The van der Waals surface area contributed by atoms with E-state index in [0.29, 0.717) is 0 Å². The number of para-hydroxylation sites is 1. The lowest BCUT2D eigenvalue weighted by Crippen LogP contribution is -2.25. The molecule has 10 aromatic carbocycles. The number of benzene rings is 10. The number of nitrogens with zero attached hydrogens (tertiary/aromatic N) is 1. The fraction of sp³-hybridized carbons (Fsp3) is 0.0345. The smallest absolute Gasteiger partial charge is 0.0512 e. The van der Waals surface area contributed by atoms with Crippen LogP contribution in [0.2, 0.25) is 0 Å². The third-order valence-electron chi connectivity index (χ3n) is 12.5. The van der Waals surface area contributed by atoms with E-state index in [9.17, 15) is 0 Å². The van der Waals surface area contributed by atoms with E-state index < -0.39 is 0 Å². The van der Waals surface area contributed by atoms with Crippen molar-refractivity contribution in [3.63, 3.8) is 0 Å². The van der Waals surface area contributed by atoms with Gasteiger partial charge in [-0.15, -0.1) is 0 Å². The summed E-state index contributed by atoms with van der Waals surface area (Å²) in [4.78, 5) is 2.47. The van der Waals surface area contributed by atoms with Crippen molar-refractivity contribution in [1.29, 1.82) is 0 Å². The molecular formula is C58H41N. The van der Waals surface area contributed by atoms with Crippen molar-refractivity contribution in [3.8, 4) is 44.5 Å². The first kappa shape index (κ1) is 34.7. The zero-order chi connectivity index (χ0) is 39.3. The molecule has 0 N–H and O–H groups in total. The van der Waals surface area contributed by atoms with E-state index in [0.717, 1.165) is 11.4 Å². The fourth-order valence-electron chi connectivity index (χ4n) is 9.85. The van der Waals surface area contributed by atoms with Crippen LogP contribution in [-0.4, -0.2) is 0 Å². The fourth-order valence-corrected chi connectivity index (χ4v) is 9.85. The summed E-state index contributed by atoms with van der Waals surface area (Å²) in [6.07, 6.45) is 0. The summed E-state index contributed by atoms with van der Waals surface area (Å²) in [6.45, 7) is 2.41. The highest BCUT2D eigenvalue weighted by atomic mass is 15.1. The lowest BCUT2D eigenvalue weighted by Gasteiger charge is -2.34. The first-order chi connectivity index (χ1) is 29.2. The molecule has 11 rings (SSSR count). The molecule has 0 saturated carbocycles. The standard InChI is InChI=1S/C58H41N/c1-58(44-25-10-4-11-26-44)53-34-17-16-31-49(53)51-33-19-35-54(57(51)58)59(45-27-12-5-13-28-45)46-29-18-24-42(38-46)43-36-37-48-47-30-14-15-32-50(47)55(40-20-6-2-7-21-40)56(52(48)39-43)41-22-8-3-9-23-41/h2-39H,1H3. The third kappa shape index (κ3) is 5.62. The van der Waals surface area contributed by atoms with E-state index in [1.165, 1.54) is 88.4 Å². The number of hydrogen-bond donors (Lipinski definition) is 0. The highest BCUT2D eigenvalue weighted by Gasteiger charge is 2.43. The Labute approximate surface area is 346 Å². The molecule has 1 nitrogen and oxygen atoms in total. The summed E-state index contributed by atoms with van der Waals surface area (Å²) in [5, 5.41) is 5.02. The van der Waals surface area contributed by atoms with Gasteiger partial charge in [0.2, 0.25) is 0 Å². The average molecular weight is 752 g/mol. The van der Waals surface area contributed by atoms with Crippen molar-refractivity contribution in [2.24, 2.45) is 0 Å². The van der Waals surface area contributed by atoms with Crippen LogP contribution in [-0.2, 0) is 5.41 Å². The molecule has 0 aromatic heterocycles. The van der Waals surface area contributed by atoms with Crippen molar-refractivity contribution in [2.45, 2.75) is 12.3 Å². The highest BCUT2D eigenvalue weighted by molar-refractivity contribution is 6.22. The number of rotatable bonds is 7. The quantitative estimate of drug-likeness (QED) is 0.147. The second kappa shape index (κ2) is 14.2. The van der Waals surface area contributed by atoms with Gasteiger partial charge in [-0.1, -0.05) is 194 Å². The number of anilines is 3. The number of hydrogen-bond acceptors (Lipinski definition) is 1. The Hall–Kier alpha value is -7.48. The van der Waals surface area contributed by atoms with Crippen LogP contribution in [0.25, 0.3) is 66.1 Å². The molecule has 1 atom stereocenters. The Morgan fingerprint density at radius 3 is 1.58 bits per heavy atom. The lowest BCUT2D eigenvalue weighted by molar-refractivity contribution is 0.714. The molecule has 0 bridgehead atoms. The Balaban J connectivity index is 1.14. The molecule has 0 heterocycles. The first-order valence-electron chi connectivity index (χ1n) is 20.5. The van der Waals surface area contributed by atoms with E-state index in [2.05, 4.69) is 242 Å². The maximum atomic E-state index is 2.47. The molecule has 59 heavy (non-hydrogen) atoms. The van der Waals surface area contributed by atoms with Crippen molar-refractivity contribution in [1.82, 2.24) is 0 Å². The Kier molecular flexibility index (Phi) is 8.34. The van der Waals surface area contributed by atoms with E-state index >= 15 is 0 Å². The summed E-state index contributed by atoms with van der Waals surface area (Å²) < 4.78 is 0. The lowest BCUT2D eigenvalue weighted by atomic mass is 9.73. The van der Waals surface area contributed by atoms with Crippen molar-refractivity contribution >= 4 is 38.6 Å². The molecule has 0 saturated heterocycles. The average Bonchev–Trinajstić information content (AvgIpc) is 3.59. The maximum Gasteiger partial charge on any atom is 0.0512 e. The zero-order valence-corrected chi connectivity index (χ0v) is 32.9. The van der Waals surface area contributed by atoms with Gasteiger partial charge in [0.1, 0.15) is 0 Å². The second-order valence-corrected chi connectivity index (χ2v) is 15.7. The van der Waals surface area contributed by atoms with Crippen LogP contribution in [0.1, 0.15) is 23.6 Å². The number of fused-ring (bicyclic) bond motifs is 6. The van der Waals surface area contributed by atoms with Gasteiger partial charge in [-0.2, -0.15) is 0 Å². The van der Waals surface area contributed by atoms with Crippen molar-refractivity contribution < 1.29 is 0 Å². The maximum absolute atomic E-state index is 2.47. The van der Waals surface area contributed by atoms with E-state index in [-0.39, 0.29) is 5.41 Å². The van der Waals surface area contributed by atoms with Crippen LogP contribution < -0.4 is 4.90 Å².